The maximum absolute atomic E-state index is 12.8. The second-order valence-corrected chi connectivity index (χ2v) is 4.50. The van der Waals surface area contributed by atoms with Crippen LogP contribution in [0.1, 0.15) is 37.1 Å². The zero-order valence-electron chi connectivity index (χ0n) is 10.6. The van der Waals surface area contributed by atoms with Gasteiger partial charge in [0, 0.05) is 13.1 Å². The van der Waals surface area contributed by atoms with Crippen LogP contribution in [0.15, 0.2) is 6.07 Å². The lowest BCUT2D eigenvalue weighted by molar-refractivity contribution is -0.132. The Morgan fingerprint density at radius 1 is 1.20 bits per heavy atom. The van der Waals surface area contributed by atoms with Crippen LogP contribution in [0.4, 0.5) is 17.6 Å². The zero-order chi connectivity index (χ0) is 14.7. The van der Waals surface area contributed by atoms with Crippen LogP contribution < -0.4 is 0 Å². The summed E-state index contributed by atoms with van der Waals surface area (Å²) in [6.45, 7) is 0.601. The predicted molar refractivity (Wildman–Crippen MR) is 62.3 cm³/mol. The number of rotatable bonds is 4. The number of hydrogen-bond acceptors (Lipinski definition) is 2. The fraction of sp³-hybridized carbons (Fsp3) is 0.583. The summed E-state index contributed by atoms with van der Waals surface area (Å²) in [6.07, 6.45) is -2.35. The molecule has 2 heterocycles. The maximum Gasteiger partial charge on any atom is 0.282 e. The Morgan fingerprint density at radius 2 is 1.85 bits per heavy atom. The van der Waals surface area contributed by atoms with E-state index >= 15 is 0 Å². The van der Waals surface area contributed by atoms with E-state index in [2.05, 4.69) is 5.10 Å². The fourth-order valence-corrected chi connectivity index (χ4v) is 2.09. The minimum Gasteiger partial charge on any atom is -0.341 e. The molecule has 4 nitrogen and oxygen atoms in total. The molecule has 1 aliphatic heterocycles. The minimum absolute atomic E-state index is 0.385. The van der Waals surface area contributed by atoms with E-state index in [1.807, 2.05) is 6.42 Å². The maximum atomic E-state index is 12.8. The van der Waals surface area contributed by atoms with Crippen molar-refractivity contribution in [3.63, 3.8) is 0 Å². The minimum atomic E-state index is -2.95. The average molecular weight is 292 g/mol. The molecule has 0 saturated carbocycles. The van der Waals surface area contributed by atoms with Crippen molar-refractivity contribution < 1.29 is 22.4 Å². The molecule has 1 aromatic rings. The van der Waals surface area contributed by atoms with Crippen molar-refractivity contribution in [1.82, 2.24) is 14.7 Å². The molecule has 0 unspecified atom stereocenters. The van der Waals surface area contributed by atoms with Gasteiger partial charge in [-0.05, 0) is 25.3 Å². The normalized spacial score (nSPS) is 16.2. The summed E-state index contributed by atoms with van der Waals surface area (Å²) in [5.41, 5.74) is -1.39. The fourth-order valence-electron chi connectivity index (χ4n) is 2.09. The standard InChI is InChI=1S/C12H14F4N3O/c13-11(14)8-6-9(12(15)16)19(17-8)7-10(20)18-4-2-1-3-5-18/h1,6,11-12H,2-5,7H2. The van der Waals surface area contributed by atoms with Gasteiger partial charge in [0.25, 0.3) is 12.9 Å². The first-order valence-electron chi connectivity index (χ1n) is 6.22. The summed E-state index contributed by atoms with van der Waals surface area (Å²) < 4.78 is 51.2. The number of alkyl halides is 4. The van der Waals surface area contributed by atoms with E-state index in [4.69, 9.17) is 0 Å². The van der Waals surface area contributed by atoms with Gasteiger partial charge in [-0.3, -0.25) is 9.48 Å². The van der Waals surface area contributed by atoms with Crippen molar-refractivity contribution in [2.24, 2.45) is 0 Å². The Morgan fingerprint density at radius 3 is 2.40 bits per heavy atom. The van der Waals surface area contributed by atoms with Gasteiger partial charge in [0.1, 0.15) is 17.9 Å². The van der Waals surface area contributed by atoms with Crippen LogP contribution in [0, 0.1) is 6.42 Å². The van der Waals surface area contributed by atoms with Gasteiger partial charge in [-0.2, -0.15) is 5.10 Å². The monoisotopic (exact) mass is 292 g/mol. The van der Waals surface area contributed by atoms with Crippen molar-refractivity contribution in [3.8, 4) is 0 Å². The Balaban J connectivity index is 2.12. The Kier molecular flexibility index (Phi) is 4.61. The van der Waals surface area contributed by atoms with Gasteiger partial charge in [0.2, 0.25) is 5.91 Å². The number of amides is 1. The van der Waals surface area contributed by atoms with E-state index in [9.17, 15) is 22.4 Å². The molecule has 1 fully saturated rings. The summed E-state index contributed by atoms with van der Waals surface area (Å²) in [5, 5.41) is 3.40. The summed E-state index contributed by atoms with van der Waals surface area (Å²) in [4.78, 5) is 13.5. The average Bonchev–Trinajstić information content (AvgIpc) is 2.84. The first-order valence-corrected chi connectivity index (χ1v) is 6.22. The Bertz CT molecular complexity index is 469. The first kappa shape index (κ1) is 14.8. The highest BCUT2D eigenvalue weighted by molar-refractivity contribution is 5.76. The van der Waals surface area contributed by atoms with Crippen molar-refractivity contribution in [3.05, 3.63) is 23.9 Å². The molecule has 1 aromatic heterocycles. The zero-order valence-corrected chi connectivity index (χ0v) is 10.6. The van der Waals surface area contributed by atoms with E-state index < -0.39 is 30.8 Å². The molecule has 1 saturated heterocycles. The van der Waals surface area contributed by atoms with E-state index in [0.29, 0.717) is 23.8 Å². The molecule has 2 rings (SSSR count). The molecule has 0 aliphatic carbocycles. The molecule has 8 heteroatoms. The van der Waals surface area contributed by atoms with Gasteiger partial charge in [0.15, 0.2) is 0 Å². The number of piperidine rings is 1. The number of halogens is 4. The van der Waals surface area contributed by atoms with Crippen molar-refractivity contribution >= 4 is 5.91 Å². The molecule has 0 N–H and O–H groups in total. The second-order valence-electron chi connectivity index (χ2n) is 4.50. The molecule has 0 spiro atoms. The van der Waals surface area contributed by atoms with Crippen molar-refractivity contribution in [1.29, 1.82) is 0 Å². The molecule has 20 heavy (non-hydrogen) atoms. The number of carbonyl (C=O) groups excluding carboxylic acids is 1. The predicted octanol–water partition coefficient (Wildman–Crippen LogP) is 2.58. The summed E-state index contributed by atoms with van der Waals surface area (Å²) in [7, 11) is 0. The van der Waals surface area contributed by atoms with Crippen molar-refractivity contribution in [2.75, 3.05) is 13.1 Å². The third-order valence-electron chi connectivity index (χ3n) is 3.12. The number of hydrogen-bond donors (Lipinski definition) is 0. The third-order valence-corrected chi connectivity index (χ3v) is 3.12. The van der Waals surface area contributed by atoms with Crippen LogP contribution in [0.3, 0.4) is 0 Å². The topological polar surface area (TPSA) is 38.1 Å². The largest absolute Gasteiger partial charge is 0.341 e. The molecule has 1 amide bonds. The van der Waals surface area contributed by atoms with Gasteiger partial charge in [-0.25, -0.2) is 17.6 Å². The highest BCUT2D eigenvalue weighted by atomic mass is 19.3. The molecule has 1 radical (unpaired) electrons. The molecule has 1 aliphatic rings. The highest BCUT2D eigenvalue weighted by Gasteiger charge is 2.24. The number of nitrogens with zero attached hydrogens (tertiary/aromatic N) is 3. The van der Waals surface area contributed by atoms with Gasteiger partial charge >= 0.3 is 0 Å². The van der Waals surface area contributed by atoms with E-state index in [0.717, 1.165) is 12.8 Å². The van der Waals surface area contributed by atoms with Gasteiger partial charge in [0.05, 0.1) is 0 Å². The van der Waals surface area contributed by atoms with E-state index in [1.54, 1.807) is 0 Å². The quantitative estimate of drug-likeness (QED) is 0.800. The van der Waals surface area contributed by atoms with Crippen molar-refractivity contribution in [2.45, 2.75) is 32.2 Å². The van der Waals surface area contributed by atoms with Crippen LogP contribution in [0.25, 0.3) is 0 Å². The smallest absolute Gasteiger partial charge is 0.282 e. The summed E-state index contributed by atoms with van der Waals surface area (Å²) in [5.74, 6) is -0.385. The van der Waals surface area contributed by atoms with Crippen LogP contribution in [-0.2, 0) is 11.3 Å². The van der Waals surface area contributed by atoms with Gasteiger partial charge < -0.3 is 4.90 Å². The third kappa shape index (κ3) is 3.29. The lowest BCUT2D eigenvalue weighted by atomic mass is 10.1. The van der Waals surface area contributed by atoms with Crippen LogP contribution in [0.2, 0.25) is 0 Å². The van der Waals surface area contributed by atoms with Gasteiger partial charge in [-0.1, -0.05) is 0 Å². The number of carbonyl (C=O) groups is 1. The van der Waals surface area contributed by atoms with Crippen LogP contribution in [0.5, 0.6) is 0 Å². The summed E-state index contributed by atoms with van der Waals surface area (Å²) in [6, 6.07) is 0.645. The first-order chi connectivity index (χ1) is 9.49. The van der Waals surface area contributed by atoms with E-state index in [1.165, 1.54) is 4.90 Å². The highest BCUT2D eigenvalue weighted by Crippen LogP contribution is 2.25. The molecular formula is C12H14F4N3O. The molecule has 0 aromatic carbocycles. The Labute approximate surface area is 113 Å². The second kappa shape index (κ2) is 6.23. The van der Waals surface area contributed by atoms with Crippen LogP contribution >= 0.6 is 0 Å². The number of likely N-dealkylation sites (tertiary alicyclic amines) is 1. The molecular weight excluding hydrogens is 278 g/mol. The Hall–Kier alpha value is -1.60. The lowest BCUT2D eigenvalue weighted by Gasteiger charge is -2.26. The lowest BCUT2D eigenvalue weighted by Crippen LogP contribution is -2.38. The molecule has 0 atom stereocenters. The van der Waals surface area contributed by atoms with Gasteiger partial charge in [-0.15, -0.1) is 0 Å². The van der Waals surface area contributed by atoms with Crippen LogP contribution in [-0.4, -0.2) is 33.7 Å². The summed E-state index contributed by atoms with van der Waals surface area (Å²) >= 11 is 0. The molecule has 0 bridgehead atoms. The SMILES string of the molecule is O=C(Cn1nc(C(F)F)cc1C(F)F)N1CC[CH]CC1. The molecule has 111 valence electrons. The number of aromatic nitrogens is 2. The van der Waals surface area contributed by atoms with E-state index in [-0.39, 0.29) is 5.91 Å².